The van der Waals surface area contributed by atoms with Crippen molar-refractivity contribution < 1.29 is 5.11 Å². The highest BCUT2D eigenvalue weighted by Crippen LogP contribution is 2.31. The van der Waals surface area contributed by atoms with Crippen molar-refractivity contribution in [1.29, 1.82) is 0 Å². The Hall–Kier alpha value is -0.910. The van der Waals surface area contributed by atoms with Crippen LogP contribution in [0.4, 0.5) is 0 Å². The summed E-state index contributed by atoms with van der Waals surface area (Å²) in [5.74, 6) is 0.929. The maximum absolute atomic E-state index is 9.34. The molecule has 0 spiro atoms. The van der Waals surface area contributed by atoms with Crippen molar-refractivity contribution in [2.24, 2.45) is 5.92 Å². The fourth-order valence-electron chi connectivity index (χ4n) is 3.29. The first kappa shape index (κ1) is 15.0. The molecule has 0 aromatic carbocycles. The number of aliphatic hydroxyl groups is 1. The van der Waals surface area contributed by atoms with Gasteiger partial charge in [0.15, 0.2) is 0 Å². The summed E-state index contributed by atoms with van der Waals surface area (Å²) in [5, 5.41) is 13.9. The van der Waals surface area contributed by atoms with Gasteiger partial charge in [0.25, 0.3) is 0 Å². The standard InChI is InChI=1S/C16H28N4O/c1-2-20-7-5-15(17-20)12-18-8-9-19(11-14-3-4-14)16(13-18)6-10-21/h5,7,14,16,21H,2-4,6,8-13H2,1H3/t16-/m0/s1. The molecule has 1 aromatic rings. The minimum absolute atomic E-state index is 0.296. The number of hydrogen-bond donors (Lipinski definition) is 1. The van der Waals surface area contributed by atoms with E-state index in [1.165, 1.54) is 19.4 Å². The highest BCUT2D eigenvalue weighted by atomic mass is 16.3. The fraction of sp³-hybridized carbons (Fsp3) is 0.812. The molecule has 0 radical (unpaired) electrons. The van der Waals surface area contributed by atoms with Crippen LogP contribution in [0.25, 0.3) is 0 Å². The van der Waals surface area contributed by atoms with E-state index in [4.69, 9.17) is 0 Å². The number of aromatic nitrogens is 2. The SMILES string of the molecule is CCn1ccc(CN2CCN(CC3CC3)[C@@H](CCO)C2)n1. The van der Waals surface area contributed by atoms with Crippen LogP contribution in [0.5, 0.6) is 0 Å². The van der Waals surface area contributed by atoms with Gasteiger partial charge in [-0.1, -0.05) is 0 Å². The van der Waals surface area contributed by atoms with E-state index in [2.05, 4.69) is 34.1 Å². The first-order valence-corrected chi connectivity index (χ1v) is 8.38. The summed E-state index contributed by atoms with van der Waals surface area (Å²) in [6.07, 6.45) is 5.76. The second-order valence-electron chi connectivity index (χ2n) is 6.50. The maximum atomic E-state index is 9.34. The van der Waals surface area contributed by atoms with Crippen molar-refractivity contribution >= 4 is 0 Å². The second kappa shape index (κ2) is 6.90. The molecule has 21 heavy (non-hydrogen) atoms. The lowest BCUT2D eigenvalue weighted by molar-refractivity contribution is 0.0515. The van der Waals surface area contributed by atoms with E-state index >= 15 is 0 Å². The molecule has 2 aliphatic rings. The smallest absolute Gasteiger partial charge is 0.0764 e. The van der Waals surface area contributed by atoms with Crippen LogP contribution in [0.3, 0.4) is 0 Å². The zero-order valence-corrected chi connectivity index (χ0v) is 13.1. The lowest BCUT2D eigenvalue weighted by Crippen LogP contribution is -2.53. The molecule has 118 valence electrons. The monoisotopic (exact) mass is 292 g/mol. The molecular weight excluding hydrogens is 264 g/mol. The van der Waals surface area contributed by atoms with Crippen molar-refractivity contribution in [2.45, 2.75) is 45.3 Å². The van der Waals surface area contributed by atoms with Crippen molar-refractivity contribution in [3.8, 4) is 0 Å². The molecule has 0 unspecified atom stereocenters. The van der Waals surface area contributed by atoms with Crippen molar-refractivity contribution in [1.82, 2.24) is 19.6 Å². The molecule has 2 heterocycles. The van der Waals surface area contributed by atoms with E-state index in [1.54, 1.807) is 0 Å². The van der Waals surface area contributed by atoms with Crippen LogP contribution in [-0.2, 0) is 13.1 Å². The number of aryl methyl sites for hydroxylation is 1. The predicted molar refractivity (Wildman–Crippen MR) is 83.0 cm³/mol. The molecule has 1 aliphatic heterocycles. The molecule has 1 saturated carbocycles. The molecule has 1 saturated heterocycles. The van der Waals surface area contributed by atoms with Gasteiger partial charge in [-0.3, -0.25) is 14.5 Å². The summed E-state index contributed by atoms with van der Waals surface area (Å²) in [4.78, 5) is 5.10. The summed E-state index contributed by atoms with van der Waals surface area (Å²) in [5.41, 5.74) is 1.16. The van der Waals surface area contributed by atoms with Crippen molar-refractivity contribution in [3.63, 3.8) is 0 Å². The number of nitrogens with zero attached hydrogens (tertiary/aromatic N) is 4. The van der Waals surface area contributed by atoms with Crippen LogP contribution in [0.15, 0.2) is 12.3 Å². The van der Waals surface area contributed by atoms with E-state index in [0.717, 1.165) is 50.8 Å². The summed E-state index contributed by atoms with van der Waals surface area (Å²) in [7, 11) is 0. The first-order valence-electron chi connectivity index (χ1n) is 8.38. The zero-order valence-electron chi connectivity index (χ0n) is 13.1. The van der Waals surface area contributed by atoms with E-state index < -0.39 is 0 Å². The van der Waals surface area contributed by atoms with Crippen LogP contribution < -0.4 is 0 Å². The van der Waals surface area contributed by atoms with Gasteiger partial charge in [-0.15, -0.1) is 0 Å². The molecule has 5 nitrogen and oxygen atoms in total. The molecule has 5 heteroatoms. The Morgan fingerprint density at radius 1 is 1.33 bits per heavy atom. The van der Waals surface area contributed by atoms with Gasteiger partial charge in [0, 0.05) is 58.1 Å². The quantitative estimate of drug-likeness (QED) is 0.820. The summed E-state index contributed by atoms with van der Waals surface area (Å²) >= 11 is 0. The molecule has 1 atom stereocenters. The average Bonchev–Trinajstić information content (AvgIpc) is 3.19. The average molecular weight is 292 g/mol. The lowest BCUT2D eigenvalue weighted by Gasteiger charge is -2.41. The third-order valence-corrected chi connectivity index (χ3v) is 4.75. The largest absolute Gasteiger partial charge is 0.396 e. The van der Waals surface area contributed by atoms with Crippen LogP contribution in [0.1, 0.15) is 31.9 Å². The zero-order chi connectivity index (χ0) is 14.7. The third kappa shape index (κ3) is 4.05. The van der Waals surface area contributed by atoms with Gasteiger partial charge in [-0.05, 0) is 38.2 Å². The van der Waals surface area contributed by atoms with Gasteiger partial charge in [-0.25, -0.2) is 0 Å². The Kier molecular flexibility index (Phi) is 4.93. The number of rotatable bonds is 7. The molecule has 3 rings (SSSR count). The predicted octanol–water partition coefficient (Wildman–Crippen LogP) is 1.18. The van der Waals surface area contributed by atoms with Crippen LogP contribution in [0.2, 0.25) is 0 Å². The van der Waals surface area contributed by atoms with Crippen LogP contribution in [0, 0.1) is 5.92 Å². The highest BCUT2D eigenvalue weighted by Gasteiger charge is 2.31. The number of aliphatic hydroxyl groups excluding tert-OH is 1. The van der Waals surface area contributed by atoms with Gasteiger partial charge < -0.3 is 5.11 Å². The second-order valence-corrected chi connectivity index (χ2v) is 6.50. The van der Waals surface area contributed by atoms with E-state index in [9.17, 15) is 5.11 Å². The first-order chi connectivity index (χ1) is 10.3. The lowest BCUT2D eigenvalue weighted by atomic mass is 10.1. The molecule has 1 aliphatic carbocycles. The molecule has 1 aromatic heterocycles. The highest BCUT2D eigenvalue weighted by molar-refractivity contribution is 5.00. The van der Waals surface area contributed by atoms with E-state index in [-0.39, 0.29) is 0 Å². The van der Waals surface area contributed by atoms with E-state index in [0.29, 0.717) is 12.6 Å². The van der Waals surface area contributed by atoms with Crippen LogP contribution in [-0.4, -0.2) is 63.5 Å². The molecule has 0 bridgehead atoms. The Balaban J connectivity index is 1.54. The molecular formula is C16H28N4O. The molecule has 2 fully saturated rings. The van der Waals surface area contributed by atoms with Gasteiger partial charge in [0.05, 0.1) is 5.69 Å². The van der Waals surface area contributed by atoms with Crippen LogP contribution >= 0.6 is 0 Å². The van der Waals surface area contributed by atoms with Gasteiger partial charge in [-0.2, -0.15) is 5.10 Å². The van der Waals surface area contributed by atoms with Crippen molar-refractivity contribution in [3.05, 3.63) is 18.0 Å². The Labute approximate surface area is 127 Å². The topological polar surface area (TPSA) is 44.5 Å². The Morgan fingerprint density at radius 2 is 2.19 bits per heavy atom. The fourth-order valence-corrected chi connectivity index (χ4v) is 3.29. The van der Waals surface area contributed by atoms with E-state index in [1.807, 2.05) is 4.68 Å². The number of hydrogen-bond acceptors (Lipinski definition) is 4. The summed E-state index contributed by atoms with van der Waals surface area (Å²) < 4.78 is 1.99. The minimum atomic E-state index is 0.296. The summed E-state index contributed by atoms with van der Waals surface area (Å²) in [6.45, 7) is 8.84. The maximum Gasteiger partial charge on any atom is 0.0764 e. The summed E-state index contributed by atoms with van der Waals surface area (Å²) in [6, 6.07) is 2.64. The Morgan fingerprint density at radius 3 is 2.86 bits per heavy atom. The Bertz CT molecular complexity index is 443. The minimum Gasteiger partial charge on any atom is -0.396 e. The van der Waals surface area contributed by atoms with Gasteiger partial charge >= 0.3 is 0 Å². The normalized spacial score (nSPS) is 24.6. The number of piperazine rings is 1. The molecule has 1 N–H and O–H groups in total. The van der Waals surface area contributed by atoms with Gasteiger partial charge in [0.2, 0.25) is 0 Å². The van der Waals surface area contributed by atoms with Crippen molar-refractivity contribution in [2.75, 3.05) is 32.8 Å². The third-order valence-electron chi connectivity index (χ3n) is 4.75. The van der Waals surface area contributed by atoms with Gasteiger partial charge in [0.1, 0.15) is 0 Å². The molecule has 0 amide bonds.